The van der Waals surface area contributed by atoms with Gasteiger partial charge in [-0.25, -0.2) is 28.4 Å². The van der Waals surface area contributed by atoms with Gasteiger partial charge in [0.15, 0.2) is 11.4 Å². The summed E-state index contributed by atoms with van der Waals surface area (Å²) in [4.78, 5) is 83.0. The van der Waals surface area contributed by atoms with E-state index in [2.05, 4.69) is 52.7 Å². The van der Waals surface area contributed by atoms with E-state index in [1.807, 2.05) is 57.2 Å². The van der Waals surface area contributed by atoms with Gasteiger partial charge in [-0.1, -0.05) is 51.1 Å². The monoisotopic (exact) mass is 1170 g/mol. The standard InChI is InChI=1S/C62H73F2N11O10/c1-38(65-5)56(76)72-54(62(2,3)4)61(80)74-35-44-31-46(20-17-42(44)32-51(74)59(79)69-48-12-8-10-40-9-6-7-11-47(40)48)84-30-29-83-28-27-82-26-25-81-24-23-67-57(77)41-15-18-45(19-16-41)75-36-49(53(73-75)55(63)64)70-58(78)50-37-85-60(71-50)43-21-22-66-52(33-43)68-34-39-13-14-39/h6-7,9,11,15-22,31,33,36-39,51,54-55,65H,8,10,12-14,23-30,32,34-35H2,1-5H3,(H,66,68)(H,67,77)(H,70,78)(H,72,76)/t38-,51-,54+/m0/s1. The number of anilines is 2. The number of aryl methyl sites for hydroxylation is 1. The highest BCUT2D eigenvalue weighted by molar-refractivity contribution is 6.09. The second kappa shape index (κ2) is 28.6. The second-order valence-corrected chi connectivity index (χ2v) is 22.2. The summed E-state index contributed by atoms with van der Waals surface area (Å²) in [6, 6.07) is 20.9. The number of pyridine rings is 1. The van der Waals surface area contributed by atoms with Crippen LogP contribution in [-0.2, 0) is 48.0 Å². The molecule has 6 aromatic rings. The van der Waals surface area contributed by atoms with Crippen LogP contribution >= 0.6 is 0 Å². The molecule has 2 aliphatic carbocycles. The van der Waals surface area contributed by atoms with Crippen molar-refractivity contribution in [1.82, 2.24) is 40.6 Å². The number of nitrogens with zero attached hydrogens (tertiary/aromatic N) is 6. The van der Waals surface area contributed by atoms with Crippen molar-refractivity contribution in [2.24, 2.45) is 16.3 Å². The number of hydrogen-bond acceptors (Lipinski definition) is 15. The molecule has 21 nitrogen and oxygen atoms in total. The number of amides is 5. The van der Waals surface area contributed by atoms with Crippen LogP contribution < -0.4 is 31.3 Å². The number of halogens is 2. The quantitative estimate of drug-likeness (QED) is 0.0312. The Morgan fingerprint density at radius 2 is 1.59 bits per heavy atom. The van der Waals surface area contributed by atoms with E-state index in [-0.39, 0.29) is 80.9 Å². The van der Waals surface area contributed by atoms with Crippen LogP contribution in [-0.4, -0.2) is 144 Å². The van der Waals surface area contributed by atoms with Crippen LogP contribution in [0.2, 0.25) is 0 Å². The Morgan fingerprint density at radius 1 is 0.847 bits per heavy atom. The summed E-state index contributed by atoms with van der Waals surface area (Å²) in [7, 11) is 1.68. The Bertz CT molecular complexity index is 3340. The molecule has 3 atom stereocenters. The fraction of sp³-hybridized carbons (Fsp3) is 0.435. The molecule has 0 saturated heterocycles. The maximum Gasteiger partial charge on any atom is 0.284 e. The Balaban J connectivity index is 0.674. The third-order valence-corrected chi connectivity index (χ3v) is 14.9. The van der Waals surface area contributed by atoms with Gasteiger partial charge in [0.05, 0.1) is 69.0 Å². The molecule has 4 heterocycles. The van der Waals surface area contributed by atoms with Crippen molar-refractivity contribution in [2.45, 2.75) is 97.3 Å². The predicted molar refractivity (Wildman–Crippen MR) is 313 cm³/mol. The maximum atomic E-state index is 14.7. The summed E-state index contributed by atoms with van der Waals surface area (Å²) < 4.78 is 58.0. The Hall–Kier alpha value is -8.25. The van der Waals surface area contributed by atoms with Gasteiger partial charge in [0.1, 0.15) is 36.5 Å². The Morgan fingerprint density at radius 3 is 2.32 bits per heavy atom. The molecule has 9 rings (SSSR count). The summed E-state index contributed by atoms with van der Waals surface area (Å²) in [5, 5.41) is 18.4. The van der Waals surface area contributed by atoms with Gasteiger partial charge in [-0.3, -0.25) is 24.0 Å². The zero-order chi connectivity index (χ0) is 60.0. The smallest absolute Gasteiger partial charge is 0.284 e. The summed E-state index contributed by atoms with van der Waals surface area (Å²) in [6.45, 7) is 10.5. The van der Waals surface area contributed by atoms with Crippen molar-refractivity contribution in [3.63, 3.8) is 0 Å². The Labute approximate surface area is 492 Å². The van der Waals surface area contributed by atoms with E-state index in [9.17, 15) is 32.8 Å². The molecule has 3 aromatic carbocycles. The number of carbonyl (C=O) groups is 5. The van der Waals surface area contributed by atoms with Gasteiger partial charge >= 0.3 is 0 Å². The molecule has 3 aromatic heterocycles. The Kier molecular flexibility index (Phi) is 20.6. The van der Waals surface area contributed by atoms with Gasteiger partial charge in [0.2, 0.25) is 17.7 Å². The normalized spacial score (nSPS) is 16.1. The van der Waals surface area contributed by atoms with Gasteiger partial charge in [-0.05, 0) is 128 Å². The molecule has 0 unspecified atom stereocenters. The number of rotatable bonds is 27. The lowest BCUT2D eigenvalue weighted by Gasteiger charge is -2.40. The largest absolute Gasteiger partial charge is 0.491 e. The fourth-order valence-corrected chi connectivity index (χ4v) is 9.81. The van der Waals surface area contributed by atoms with Crippen LogP contribution in [0, 0.1) is 11.3 Å². The molecule has 1 aliphatic heterocycles. The molecule has 5 amide bonds. The van der Waals surface area contributed by atoms with Crippen molar-refractivity contribution >= 4 is 46.8 Å². The highest BCUT2D eigenvalue weighted by Gasteiger charge is 2.43. The first-order chi connectivity index (χ1) is 41.0. The number of alkyl halides is 2. The van der Waals surface area contributed by atoms with E-state index in [1.165, 1.54) is 35.9 Å². The summed E-state index contributed by atoms with van der Waals surface area (Å²) in [5.41, 5.74) is 4.19. The van der Waals surface area contributed by atoms with Crippen molar-refractivity contribution in [2.75, 3.05) is 77.0 Å². The van der Waals surface area contributed by atoms with Gasteiger partial charge < -0.3 is 54.8 Å². The predicted octanol–water partition coefficient (Wildman–Crippen LogP) is 7.54. The van der Waals surface area contributed by atoms with Crippen molar-refractivity contribution in [3.8, 4) is 22.9 Å². The first-order valence-electron chi connectivity index (χ1n) is 28.7. The minimum atomic E-state index is -3.01. The number of fused-ring (bicyclic) bond motifs is 2. The number of likely N-dealkylation sites (N-methyl/N-ethyl adjacent to an activating group) is 1. The molecule has 0 spiro atoms. The molecule has 0 radical (unpaired) electrons. The highest BCUT2D eigenvalue weighted by atomic mass is 19.3. The molecule has 0 bridgehead atoms. The van der Waals surface area contributed by atoms with Crippen LogP contribution in [0.5, 0.6) is 5.75 Å². The van der Waals surface area contributed by atoms with Crippen molar-refractivity contribution in [1.29, 1.82) is 0 Å². The first kappa shape index (κ1) is 61.3. The minimum Gasteiger partial charge on any atom is -0.491 e. The molecular formula is C62H73F2N11O10. The number of aliphatic imine (C=N–C) groups is 1. The molecule has 3 aliphatic rings. The molecule has 23 heteroatoms. The van der Waals surface area contributed by atoms with Gasteiger partial charge in [0, 0.05) is 43.4 Å². The summed E-state index contributed by atoms with van der Waals surface area (Å²) >= 11 is 0. The van der Waals surface area contributed by atoms with Crippen LogP contribution in [0.4, 0.5) is 20.3 Å². The maximum absolute atomic E-state index is 14.7. The van der Waals surface area contributed by atoms with Crippen molar-refractivity contribution < 1.29 is 56.1 Å². The second-order valence-electron chi connectivity index (χ2n) is 22.2. The van der Waals surface area contributed by atoms with Gasteiger partial charge in [-0.15, -0.1) is 0 Å². The van der Waals surface area contributed by atoms with Crippen LogP contribution in [0.15, 0.2) is 107 Å². The van der Waals surface area contributed by atoms with E-state index in [0.717, 1.165) is 53.6 Å². The molecule has 85 heavy (non-hydrogen) atoms. The fourth-order valence-electron chi connectivity index (χ4n) is 9.81. The number of carbonyl (C=O) groups excluding carboxylic acids is 5. The molecule has 1 fully saturated rings. The average molecular weight is 1170 g/mol. The average Bonchev–Trinajstić information content (AvgIpc) is 2.94. The highest BCUT2D eigenvalue weighted by Crippen LogP contribution is 2.33. The lowest BCUT2D eigenvalue weighted by Crippen LogP contribution is -2.60. The van der Waals surface area contributed by atoms with E-state index < -0.39 is 47.5 Å². The third kappa shape index (κ3) is 16.3. The lowest BCUT2D eigenvalue weighted by molar-refractivity contribution is -0.146. The number of ether oxygens (including phenoxy) is 4. The SMILES string of the molecule is CN[C@@H](C)C(=O)N[C@H](C(=O)N1Cc2cc(OCCOCCOCCOCCNC(=O)c3ccc(-n4cc(NC(=O)c5coc(-c6ccnc(NCC7CC7)c6)n5)c(C(F)F)n4)cc3)ccc2C[C@H]1C(=O)N=C1CCCc2ccccc21)C(C)(C)C. The third-order valence-electron chi connectivity index (χ3n) is 14.9. The number of oxazole rings is 1. The van der Waals surface area contributed by atoms with Crippen LogP contribution in [0.1, 0.15) is 109 Å². The van der Waals surface area contributed by atoms with Crippen LogP contribution in [0.3, 0.4) is 0 Å². The molecular weight excluding hydrogens is 1100 g/mol. The van der Waals surface area contributed by atoms with E-state index >= 15 is 0 Å². The summed E-state index contributed by atoms with van der Waals surface area (Å²) in [6.07, 6.45) is 6.07. The summed E-state index contributed by atoms with van der Waals surface area (Å²) in [5.74, 6) is -0.188. The minimum absolute atomic E-state index is 0.116. The first-order valence-corrected chi connectivity index (χ1v) is 28.7. The lowest BCUT2D eigenvalue weighted by atomic mass is 9.84. The van der Waals surface area contributed by atoms with E-state index in [0.29, 0.717) is 60.5 Å². The number of aromatic nitrogens is 4. The van der Waals surface area contributed by atoms with E-state index in [4.69, 9.17) is 23.4 Å². The van der Waals surface area contributed by atoms with Crippen molar-refractivity contribution in [3.05, 3.63) is 137 Å². The van der Waals surface area contributed by atoms with Gasteiger partial charge in [-0.2, -0.15) is 5.10 Å². The van der Waals surface area contributed by atoms with Gasteiger partial charge in [0.25, 0.3) is 24.1 Å². The number of nitrogens with one attached hydrogen (secondary N) is 5. The zero-order valence-corrected chi connectivity index (χ0v) is 48.5. The molecule has 450 valence electrons. The number of hydrogen-bond donors (Lipinski definition) is 5. The van der Waals surface area contributed by atoms with E-state index in [1.54, 1.807) is 49.3 Å². The molecule has 1 saturated carbocycles. The zero-order valence-electron chi connectivity index (χ0n) is 48.5. The topological polar surface area (TPSA) is 255 Å². The molecule has 5 N–H and O–H groups in total. The number of benzene rings is 3. The van der Waals surface area contributed by atoms with Crippen LogP contribution in [0.25, 0.3) is 17.1 Å².